The highest BCUT2D eigenvalue weighted by atomic mass is 16.3. The van der Waals surface area contributed by atoms with Crippen molar-refractivity contribution in [3.05, 3.63) is 41.5 Å². The van der Waals surface area contributed by atoms with Crippen molar-refractivity contribution in [2.24, 2.45) is 9.98 Å². The van der Waals surface area contributed by atoms with Crippen LogP contribution in [0.3, 0.4) is 0 Å². The van der Waals surface area contributed by atoms with Gasteiger partial charge in [0.2, 0.25) is 0 Å². The second-order valence-electron chi connectivity index (χ2n) is 8.00. The van der Waals surface area contributed by atoms with Crippen LogP contribution >= 0.6 is 0 Å². The van der Waals surface area contributed by atoms with Gasteiger partial charge in [-0.3, -0.25) is 9.98 Å². The normalized spacial score (nSPS) is 16.8. The molecule has 0 bridgehead atoms. The number of piperidine rings is 1. The van der Waals surface area contributed by atoms with E-state index in [-0.39, 0.29) is 5.75 Å². The number of allylic oxidation sites excluding steroid dienone is 2. The Morgan fingerprint density at radius 3 is 2.58 bits per heavy atom. The van der Waals surface area contributed by atoms with Crippen molar-refractivity contribution >= 4 is 23.4 Å². The molecule has 7 nitrogen and oxygen atoms in total. The highest BCUT2D eigenvalue weighted by Gasteiger charge is 2.16. The van der Waals surface area contributed by atoms with Crippen LogP contribution in [0.1, 0.15) is 37.8 Å². The smallest absolute Gasteiger partial charge is 0.156 e. The van der Waals surface area contributed by atoms with E-state index in [4.69, 9.17) is 4.99 Å². The Bertz CT molecular complexity index is 1000. The van der Waals surface area contributed by atoms with E-state index in [1.165, 1.54) is 0 Å². The number of aliphatic imine (C=N–C) groups is 2. The maximum Gasteiger partial charge on any atom is 0.156 e. The number of nitrogens with zero attached hydrogens (tertiary/aromatic N) is 5. The van der Waals surface area contributed by atoms with Crippen LogP contribution in [0, 0.1) is 6.92 Å². The van der Waals surface area contributed by atoms with Crippen molar-refractivity contribution in [2.75, 3.05) is 32.5 Å². The van der Waals surface area contributed by atoms with Crippen molar-refractivity contribution in [3.8, 4) is 17.0 Å². The summed E-state index contributed by atoms with van der Waals surface area (Å²) in [4.78, 5) is 11.2. The molecule has 1 saturated heterocycles. The van der Waals surface area contributed by atoms with Gasteiger partial charge < -0.3 is 15.3 Å². The molecule has 0 atom stereocenters. The number of hydrogen-bond donors (Lipinski definition) is 2. The molecule has 1 fully saturated rings. The Kier molecular flexibility index (Phi) is 7.52. The molecule has 0 aliphatic carbocycles. The average molecular weight is 421 g/mol. The number of phenols is 1. The minimum atomic E-state index is 0.163. The Morgan fingerprint density at radius 1 is 1.23 bits per heavy atom. The first kappa shape index (κ1) is 22.6. The van der Waals surface area contributed by atoms with Gasteiger partial charge >= 0.3 is 0 Å². The summed E-state index contributed by atoms with van der Waals surface area (Å²) in [5.74, 6) is 1.70. The van der Waals surface area contributed by atoms with Gasteiger partial charge in [-0.15, -0.1) is 10.2 Å². The van der Waals surface area contributed by atoms with E-state index in [1.807, 2.05) is 45.0 Å². The minimum absolute atomic E-state index is 0.163. The van der Waals surface area contributed by atoms with Crippen LogP contribution in [0.25, 0.3) is 16.8 Å². The number of rotatable bonds is 5. The number of likely N-dealkylation sites (tertiary alicyclic amines) is 1. The number of aromatic hydroxyl groups is 1. The van der Waals surface area contributed by atoms with Crippen LogP contribution in [0.2, 0.25) is 0 Å². The quantitative estimate of drug-likeness (QED) is 0.560. The molecule has 164 valence electrons. The van der Waals surface area contributed by atoms with Crippen LogP contribution in [0.15, 0.2) is 40.3 Å². The van der Waals surface area contributed by atoms with Gasteiger partial charge in [-0.25, -0.2) is 0 Å². The van der Waals surface area contributed by atoms with Crippen LogP contribution in [0.5, 0.6) is 5.75 Å². The molecule has 0 radical (unpaired) electrons. The van der Waals surface area contributed by atoms with E-state index in [0.717, 1.165) is 48.5 Å². The molecule has 2 heterocycles. The summed E-state index contributed by atoms with van der Waals surface area (Å²) in [6.45, 7) is 8.05. The van der Waals surface area contributed by atoms with E-state index >= 15 is 0 Å². The standard InChI is InChI=1S/C24H32N6O/c1-6-18(15-25-4)19-7-8-21(23(31)14-19)22-13-16(2)24(29-28-22)27-17(3)26-20-9-11-30(5)12-10-20/h6-8,13-15,20,31H,9-12H2,1-5H3,(H,26,27,29)/b18-6+,25-15?. The second kappa shape index (κ2) is 10.3. The summed E-state index contributed by atoms with van der Waals surface area (Å²) in [6, 6.07) is 7.83. The van der Waals surface area contributed by atoms with E-state index in [2.05, 4.69) is 32.5 Å². The summed E-state index contributed by atoms with van der Waals surface area (Å²) >= 11 is 0. The third kappa shape index (κ3) is 5.76. The van der Waals surface area contributed by atoms with Crippen molar-refractivity contribution in [1.82, 2.24) is 15.1 Å². The van der Waals surface area contributed by atoms with Gasteiger partial charge in [0.1, 0.15) is 5.75 Å². The van der Waals surface area contributed by atoms with Crippen LogP contribution in [-0.2, 0) is 0 Å². The largest absolute Gasteiger partial charge is 0.507 e. The van der Waals surface area contributed by atoms with E-state index in [1.54, 1.807) is 19.3 Å². The fourth-order valence-electron chi connectivity index (χ4n) is 3.72. The maximum absolute atomic E-state index is 10.6. The molecule has 31 heavy (non-hydrogen) atoms. The van der Waals surface area contributed by atoms with Crippen LogP contribution < -0.4 is 5.32 Å². The van der Waals surface area contributed by atoms with Gasteiger partial charge in [-0.2, -0.15) is 0 Å². The van der Waals surface area contributed by atoms with Crippen molar-refractivity contribution in [1.29, 1.82) is 0 Å². The molecule has 2 N–H and O–H groups in total. The van der Waals surface area contributed by atoms with Gasteiger partial charge in [-0.1, -0.05) is 12.1 Å². The number of aryl methyl sites for hydroxylation is 1. The molecule has 3 rings (SSSR count). The van der Waals surface area contributed by atoms with E-state index < -0.39 is 0 Å². The van der Waals surface area contributed by atoms with Gasteiger partial charge in [0.25, 0.3) is 0 Å². The van der Waals surface area contributed by atoms with Gasteiger partial charge in [-0.05, 0) is 88.6 Å². The number of benzene rings is 1. The molecular weight excluding hydrogens is 388 g/mol. The Balaban J connectivity index is 1.76. The number of anilines is 1. The molecule has 1 aromatic heterocycles. The highest BCUT2D eigenvalue weighted by molar-refractivity contribution is 6.09. The molecule has 0 saturated carbocycles. The monoisotopic (exact) mass is 420 g/mol. The second-order valence-corrected chi connectivity index (χ2v) is 8.00. The van der Waals surface area contributed by atoms with E-state index in [0.29, 0.717) is 23.1 Å². The van der Waals surface area contributed by atoms with Crippen molar-refractivity contribution in [2.45, 2.75) is 39.7 Å². The SMILES string of the molecule is C/C=C(\C=NC)c1ccc(-c2cc(C)c(NC(C)=NC3CCN(C)CC3)nn2)c(O)c1. The molecule has 0 unspecified atom stereocenters. The van der Waals surface area contributed by atoms with Gasteiger partial charge in [0, 0.05) is 18.8 Å². The third-order valence-corrected chi connectivity index (χ3v) is 5.53. The number of aromatic nitrogens is 2. The van der Waals surface area contributed by atoms with Gasteiger partial charge in [0.05, 0.1) is 17.6 Å². The van der Waals surface area contributed by atoms with Gasteiger partial charge in [0.15, 0.2) is 5.82 Å². The molecule has 0 amide bonds. The Hall–Kier alpha value is -3.06. The van der Waals surface area contributed by atoms with Crippen LogP contribution in [-0.4, -0.2) is 65.5 Å². The molecule has 7 heteroatoms. The summed E-state index contributed by atoms with van der Waals surface area (Å²) in [6.07, 6.45) is 5.89. The predicted molar refractivity (Wildman–Crippen MR) is 129 cm³/mol. The Morgan fingerprint density at radius 2 is 1.97 bits per heavy atom. The fourth-order valence-corrected chi connectivity index (χ4v) is 3.72. The third-order valence-electron chi connectivity index (χ3n) is 5.53. The summed E-state index contributed by atoms with van der Waals surface area (Å²) in [7, 11) is 3.88. The number of nitrogens with one attached hydrogen (secondary N) is 1. The number of phenolic OH excluding ortho intramolecular Hbond substituents is 1. The first-order valence-electron chi connectivity index (χ1n) is 10.7. The van der Waals surface area contributed by atoms with Crippen molar-refractivity contribution in [3.63, 3.8) is 0 Å². The molecule has 0 spiro atoms. The molecule has 2 aromatic rings. The summed E-state index contributed by atoms with van der Waals surface area (Å²) in [5.41, 5.74) is 4.07. The lowest BCUT2D eigenvalue weighted by atomic mass is 10.0. The fraction of sp³-hybridized carbons (Fsp3) is 0.417. The topological polar surface area (TPSA) is 86.0 Å². The lowest BCUT2D eigenvalue weighted by Gasteiger charge is -2.26. The lowest BCUT2D eigenvalue weighted by Crippen LogP contribution is -2.32. The zero-order valence-electron chi connectivity index (χ0n) is 19.1. The molecular formula is C24H32N6O. The predicted octanol–water partition coefficient (Wildman–Crippen LogP) is 4.19. The molecule has 1 aliphatic heterocycles. The average Bonchev–Trinajstić information content (AvgIpc) is 2.75. The maximum atomic E-state index is 10.6. The zero-order valence-corrected chi connectivity index (χ0v) is 19.1. The highest BCUT2D eigenvalue weighted by Crippen LogP contribution is 2.31. The molecule has 1 aromatic carbocycles. The number of hydrogen-bond acceptors (Lipinski definition) is 6. The first-order chi connectivity index (χ1) is 14.9. The first-order valence-corrected chi connectivity index (χ1v) is 10.7. The summed E-state index contributed by atoms with van der Waals surface area (Å²) in [5, 5.41) is 22.6. The Labute approximate surface area is 184 Å². The summed E-state index contributed by atoms with van der Waals surface area (Å²) < 4.78 is 0. The number of amidine groups is 1. The zero-order chi connectivity index (χ0) is 22.4. The molecule has 1 aliphatic rings. The van der Waals surface area contributed by atoms with Crippen LogP contribution in [0.4, 0.5) is 5.82 Å². The van der Waals surface area contributed by atoms with Crippen molar-refractivity contribution < 1.29 is 5.11 Å². The van der Waals surface area contributed by atoms with E-state index in [9.17, 15) is 5.11 Å². The minimum Gasteiger partial charge on any atom is -0.507 e. The lowest BCUT2D eigenvalue weighted by molar-refractivity contribution is 0.257.